The molecule has 7 heteroatoms. The van der Waals surface area contributed by atoms with Gasteiger partial charge in [-0.1, -0.05) is 6.07 Å². The van der Waals surface area contributed by atoms with Gasteiger partial charge in [-0.15, -0.1) is 0 Å². The fraction of sp³-hybridized carbons (Fsp3) is 0.182. The van der Waals surface area contributed by atoms with E-state index < -0.39 is 4.92 Å². The highest BCUT2D eigenvalue weighted by Gasteiger charge is 2.19. The van der Waals surface area contributed by atoms with Gasteiger partial charge in [-0.3, -0.25) is 15.1 Å². The molecular weight excluding hydrogens is 234 g/mol. The molecular formula is C11H11N5O2. The first-order valence-electron chi connectivity index (χ1n) is 5.39. The molecule has 92 valence electrons. The minimum Gasteiger partial charge on any atom is -0.354 e. The number of hydrogen-bond donors (Lipinski definition) is 1. The molecule has 0 saturated carbocycles. The normalized spacial score (nSPS) is 10.1. The molecule has 18 heavy (non-hydrogen) atoms. The van der Waals surface area contributed by atoms with Crippen LogP contribution in [-0.4, -0.2) is 26.4 Å². The molecule has 0 radical (unpaired) electrons. The average Bonchev–Trinajstić information content (AvgIpc) is 2.40. The topological polar surface area (TPSA) is 93.8 Å². The maximum absolute atomic E-state index is 10.9. The molecule has 2 aromatic heterocycles. The zero-order valence-corrected chi connectivity index (χ0v) is 9.70. The Morgan fingerprint density at radius 2 is 2.22 bits per heavy atom. The summed E-state index contributed by atoms with van der Waals surface area (Å²) in [6.45, 7) is 2.53. The third-order valence-corrected chi connectivity index (χ3v) is 2.21. The van der Waals surface area contributed by atoms with E-state index in [1.165, 1.54) is 6.20 Å². The summed E-state index contributed by atoms with van der Waals surface area (Å²) in [7, 11) is 0. The van der Waals surface area contributed by atoms with E-state index in [1.54, 1.807) is 24.4 Å². The molecule has 0 amide bonds. The standard InChI is InChI=1S/C11H11N5O2/c1-2-12-11-14-7-9(16(17)18)10(15-11)8-5-3-4-6-13-8/h3-7H,2H2,1H3,(H,12,14,15). The number of hydrogen-bond acceptors (Lipinski definition) is 6. The molecule has 0 saturated heterocycles. The van der Waals surface area contributed by atoms with Gasteiger partial charge in [0.1, 0.15) is 6.20 Å². The quantitative estimate of drug-likeness (QED) is 0.652. The Morgan fingerprint density at radius 3 is 2.83 bits per heavy atom. The molecule has 0 unspecified atom stereocenters. The fourth-order valence-electron chi connectivity index (χ4n) is 1.44. The molecule has 2 aromatic rings. The summed E-state index contributed by atoms with van der Waals surface area (Å²) in [4.78, 5) is 22.5. The Morgan fingerprint density at radius 1 is 1.39 bits per heavy atom. The van der Waals surface area contributed by atoms with Crippen LogP contribution in [0, 0.1) is 10.1 Å². The molecule has 1 N–H and O–H groups in total. The highest BCUT2D eigenvalue weighted by molar-refractivity contribution is 5.66. The zero-order chi connectivity index (χ0) is 13.0. The maximum atomic E-state index is 10.9. The molecule has 2 rings (SSSR count). The number of anilines is 1. The van der Waals surface area contributed by atoms with E-state index in [0.717, 1.165) is 0 Å². The molecule has 7 nitrogen and oxygen atoms in total. The van der Waals surface area contributed by atoms with Crippen molar-refractivity contribution in [2.45, 2.75) is 6.92 Å². The van der Waals surface area contributed by atoms with Crippen LogP contribution in [0.5, 0.6) is 0 Å². The predicted molar refractivity (Wildman–Crippen MR) is 66.1 cm³/mol. The summed E-state index contributed by atoms with van der Waals surface area (Å²) in [5.41, 5.74) is 0.507. The van der Waals surface area contributed by atoms with Crippen LogP contribution >= 0.6 is 0 Å². The summed E-state index contributed by atoms with van der Waals surface area (Å²) in [5.74, 6) is 0.351. The number of pyridine rings is 1. The molecule has 0 bridgehead atoms. The number of nitrogens with zero attached hydrogens (tertiary/aromatic N) is 4. The zero-order valence-electron chi connectivity index (χ0n) is 9.70. The van der Waals surface area contributed by atoms with Gasteiger partial charge in [0.15, 0.2) is 5.69 Å². The highest BCUT2D eigenvalue weighted by Crippen LogP contribution is 2.26. The van der Waals surface area contributed by atoms with Crippen LogP contribution in [0.15, 0.2) is 30.6 Å². The minimum atomic E-state index is -0.514. The summed E-state index contributed by atoms with van der Waals surface area (Å²) in [6, 6.07) is 5.16. The van der Waals surface area contributed by atoms with Crippen LogP contribution in [0.4, 0.5) is 11.6 Å². The molecule has 2 heterocycles. The average molecular weight is 245 g/mol. The Hall–Kier alpha value is -2.57. The van der Waals surface area contributed by atoms with E-state index in [4.69, 9.17) is 0 Å². The summed E-state index contributed by atoms with van der Waals surface area (Å²) in [5, 5.41) is 13.9. The fourth-order valence-corrected chi connectivity index (χ4v) is 1.44. The molecule has 0 spiro atoms. The van der Waals surface area contributed by atoms with Gasteiger partial charge in [-0.2, -0.15) is 0 Å². The van der Waals surface area contributed by atoms with Crippen LogP contribution in [0.1, 0.15) is 6.92 Å². The molecule has 0 aromatic carbocycles. The van der Waals surface area contributed by atoms with Crippen LogP contribution < -0.4 is 5.32 Å². The maximum Gasteiger partial charge on any atom is 0.315 e. The predicted octanol–water partition coefficient (Wildman–Crippen LogP) is 1.88. The van der Waals surface area contributed by atoms with Gasteiger partial charge >= 0.3 is 5.69 Å². The first-order chi connectivity index (χ1) is 8.72. The van der Waals surface area contributed by atoms with Gasteiger partial charge in [0, 0.05) is 12.7 Å². The smallest absolute Gasteiger partial charge is 0.315 e. The first-order valence-corrected chi connectivity index (χ1v) is 5.39. The van der Waals surface area contributed by atoms with Crippen molar-refractivity contribution in [2.75, 3.05) is 11.9 Å². The van der Waals surface area contributed by atoms with Crippen molar-refractivity contribution in [1.82, 2.24) is 15.0 Å². The third-order valence-electron chi connectivity index (χ3n) is 2.21. The Balaban J connectivity index is 2.54. The van der Waals surface area contributed by atoms with Crippen LogP contribution in [0.25, 0.3) is 11.4 Å². The van der Waals surface area contributed by atoms with Crippen LogP contribution in [-0.2, 0) is 0 Å². The van der Waals surface area contributed by atoms with E-state index in [9.17, 15) is 10.1 Å². The lowest BCUT2D eigenvalue weighted by molar-refractivity contribution is -0.384. The monoisotopic (exact) mass is 245 g/mol. The Kier molecular flexibility index (Phi) is 3.42. The van der Waals surface area contributed by atoms with Gasteiger partial charge in [0.05, 0.1) is 10.6 Å². The van der Waals surface area contributed by atoms with Crippen molar-refractivity contribution in [3.63, 3.8) is 0 Å². The van der Waals surface area contributed by atoms with Crippen molar-refractivity contribution in [3.05, 3.63) is 40.7 Å². The first kappa shape index (κ1) is 11.9. The van der Waals surface area contributed by atoms with Crippen molar-refractivity contribution in [1.29, 1.82) is 0 Å². The van der Waals surface area contributed by atoms with Crippen molar-refractivity contribution < 1.29 is 4.92 Å². The number of aromatic nitrogens is 3. The Labute approximate surface area is 103 Å². The molecule has 0 aliphatic carbocycles. The minimum absolute atomic E-state index is 0.157. The summed E-state index contributed by atoms with van der Waals surface area (Å²) >= 11 is 0. The Bertz CT molecular complexity index is 559. The molecule has 0 atom stereocenters. The molecule has 0 fully saturated rings. The van der Waals surface area contributed by atoms with Crippen LogP contribution in [0.3, 0.4) is 0 Å². The second kappa shape index (κ2) is 5.17. The van der Waals surface area contributed by atoms with E-state index in [-0.39, 0.29) is 11.4 Å². The lowest BCUT2D eigenvalue weighted by Crippen LogP contribution is -2.05. The van der Waals surface area contributed by atoms with Crippen molar-refractivity contribution >= 4 is 11.6 Å². The lowest BCUT2D eigenvalue weighted by atomic mass is 10.2. The van der Waals surface area contributed by atoms with Gasteiger partial charge in [0.25, 0.3) is 0 Å². The lowest BCUT2D eigenvalue weighted by Gasteiger charge is -2.04. The van der Waals surface area contributed by atoms with Crippen molar-refractivity contribution in [3.8, 4) is 11.4 Å². The van der Waals surface area contributed by atoms with E-state index in [1.807, 2.05) is 6.92 Å². The van der Waals surface area contributed by atoms with E-state index >= 15 is 0 Å². The van der Waals surface area contributed by atoms with Crippen molar-refractivity contribution in [2.24, 2.45) is 0 Å². The number of nitrogens with one attached hydrogen (secondary N) is 1. The van der Waals surface area contributed by atoms with Gasteiger partial charge in [0.2, 0.25) is 5.95 Å². The highest BCUT2D eigenvalue weighted by atomic mass is 16.6. The van der Waals surface area contributed by atoms with Gasteiger partial charge in [-0.05, 0) is 19.1 Å². The summed E-state index contributed by atoms with van der Waals surface area (Å²) < 4.78 is 0. The third kappa shape index (κ3) is 2.40. The van der Waals surface area contributed by atoms with E-state index in [2.05, 4.69) is 20.3 Å². The largest absolute Gasteiger partial charge is 0.354 e. The molecule has 0 aliphatic rings. The number of nitro groups is 1. The second-order valence-corrected chi connectivity index (χ2v) is 3.43. The van der Waals surface area contributed by atoms with Gasteiger partial charge in [-0.25, -0.2) is 9.97 Å². The van der Waals surface area contributed by atoms with E-state index in [0.29, 0.717) is 18.2 Å². The SMILES string of the molecule is CCNc1ncc([N+](=O)[O-])c(-c2ccccn2)n1. The van der Waals surface area contributed by atoms with Crippen LogP contribution in [0.2, 0.25) is 0 Å². The second-order valence-electron chi connectivity index (χ2n) is 3.43. The summed E-state index contributed by atoms with van der Waals surface area (Å²) in [6.07, 6.45) is 2.75. The van der Waals surface area contributed by atoms with Gasteiger partial charge < -0.3 is 5.32 Å². The molecule has 0 aliphatic heterocycles. The number of rotatable bonds is 4.